The van der Waals surface area contributed by atoms with E-state index in [0.29, 0.717) is 6.42 Å². The van der Waals surface area contributed by atoms with Gasteiger partial charge in [-0.3, -0.25) is 4.79 Å². The fourth-order valence-corrected chi connectivity index (χ4v) is 1.36. The molecule has 0 amide bonds. The summed E-state index contributed by atoms with van der Waals surface area (Å²) in [5.41, 5.74) is 0.0514. The number of hydrogen-bond acceptors (Lipinski definition) is 2. The first-order chi connectivity index (χ1) is 8.33. The average Bonchev–Trinajstić information content (AvgIpc) is 2.27. The van der Waals surface area contributed by atoms with Gasteiger partial charge in [-0.1, -0.05) is 13.3 Å². The molecule has 100 valence electrons. The summed E-state index contributed by atoms with van der Waals surface area (Å²) in [5.74, 6) is -2.43. The minimum Gasteiger partial charge on any atom is -0.403 e. The minimum absolute atomic E-state index is 0.0514. The van der Waals surface area contributed by atoms with Gasteiger partial charge in [0, 0.05) is 12.0 Å². The van der Waals surface area contributed by atoms with Gasteiger partial charge in [0.15, 0.2) is 17.3 Å². The number of unbranched alkanes of at least 4 members (excludes halogenated alkanes) is 1. The van der Waals surface area contributed by atoms with E-state index in [-0.39, 0.29) is 17.8 Å². The Bertz CT molecular complexity index is 427. The van der Waals surface area contributed by atoms with E-state index in [1.807, 2.05) is 6.92 Å². The lowest BCUT2D eigenvalue weighted by Crippen LogP contribution is -2.18. The van der Waals surface area contributed by atoms with E-state index in [1.54, 1.807) is 0 Å². The second-order valence-corrected chi connectivity index (χ2v) is 3.72. The van der Waals surface area contributed by atoms with Crippen LogP contribution in [0, 0.1) is 5.82 Å². The van der Waals surface area contributed by atoms with E-state index in [2.05, 4.69) is 4.74 Å². The highest BCUT2D eigenvalue weighted by atomic mass is 19.4. The monoisotopic (exact) mass is 264 g/mol. The maximum absolute atomic E-state index is 13.3. The summed E-state index contributed by atoms with van der Waals surface area (Å²) >= 11 is 0. The van der Waals surface area contributed by atoms with E-state index >= 15 is 0 Å². The van der Waals surface area contributed by atoms with Crippen LogP contribution in [0.5, 0.6) is 5.75 Å². The molecule has 0 aliphatic heterocycles. The molecule has 2 nitrogen and oxygen atoms in total. The number of ether oxygens (including phenoxy) is 1. The van der Waals surface area contributed by atoms with E-state index in [4.69, 9.17) is 0 Å². The van der Waals surface area contributed by atoms with Gasteiger partial charge in [0.2, 0.25) is 0 Å². The van der Waals surface area contributed by atoms with Gasteiger partial charge in [0.1, 0.15) is 0 Å². The fourth-order valence-electron chi connectivity index (χ4n) is 1.36. The Labute approximate surface area is 102 Å². The smallest absolute Gasteiger partial charge is 0.403 e. The van der Waals surface area contributed by atoms with Gasteiger partial charge < -0.3 is 4.74 Å². The standard InChI is InChI=1S/C12H12F4O2/c1-2-3-4-10(17)8-5-6-11(9(13)7-8)18-12(14,15)16/h5-7H,2-4H2,1H3. The molecule has 1 aromatic carbocycles. The number of Topliss-reactive ketones (excluding diaryl/α,β-unsaturated/α-hetero) is 1. The third kappa shape index (κ3) is 4.35. The molecule has 0 radical (unpaired) electrons. The van der Waals surface area contributed by atoms with Crippen LogP contribution in [0.2, 0.25) is 0 Å². The maximum Gasteiger partial charge on any atom is 0.573 e. The van der Waals surface area contributed by atoms with Crippen LogP contribution >= 0.6 is 0 Å². The fraction of sp³-hybridized carbons (Fsp3) is 0.417. The van der Waals surface area contributed by atoms with Crippen molar-refractivity contribution in [2.75, 3.05) is 0 Å². The molecule has 0 saturated heterocycles. The van der Waals surface area contributed by atoms with Crippen LogP contribution < -0.4 is 4.74 Å². The van der Waals surface area contributed by atoms with Crippen molar-refractivity contribution >= 4 is 5.78 Å². The van der Waals surface area contributed by atoms with Crippen LogP contribution in [-0.4, -0.2) is 12.1 Å². The summed E-state index contributed by atoms with van der Waals surface area (Å²) in [7, 11) is 0. The van der Waals surface area contributed by atoms with Gasteiger partial charge in [-0.05, 0) is 24.6 Å². The summed E-state index contributed by atoms with van der Waals surface area (Å²) in [4.78, 5) is 11.5. The molecule has 0 aliphatic carbocycles. The highest BCUT2D eigenvalue weighted by molar-refractivity contribution is 5.96. The number of halogens is 4. The molecule has 0 heterocycles. The number of carbonyl (C=O) groups excluding carboxylic acids is 1. The maximum atomic E-state index is 13.3. The molecule has 0 N–H and O–H groups in total. The molecule has 1 aromatic rings. The molecular weight excluding hydrogens is 252 g/mol. The summed E-state index contributed by atoms with van der Waals surface area (Å²) in [5, 5.41) is 0. The van der Waals surface area contributed by atoms with Gasteiger partial charge >= 0.3 is 6.36 Å². The lowest BCUT2D eigenvalue weighted by Gasteiger charge is -2.10. The Morgan fingerprint density at radius 2 is 2.00 bits per heavy atom. The molecule has 0 aromatic heterocycles. The summed E-state index contributed by atoms with van der Waals surface area (Å²) < 4.78 is 52.4. The first-order valence-electron chi connectivity index (χ1n) is 5.42. The van der Waals surface area contributed by atoms with E-state index < -0.39 is 17.9 Å². The largest absolute Gasteiger partial charge is 0.573 e. The number of benzene rings is 1. The van der Waals surface area contributed by atoms with Gasteiger partial charge in [-0.25, -0.2) is 4.39 Å². The average molecular weight is 264 g/mol. The Kier molecular flexibility index (Phi) is 4.69. The van der Waals surface area contributed by atoms with Crippen LogP contribution in [0.15, 0.2) is 18.2 Å². The van der Waals surface area contributed by atoms with Crippen LogP contribution in [0.25, 0.3) is 0 Å². The van der Waals surface area contributed by atoms with Crippen LogP contribution in [-0.2, 0) is 0 Å². The van der Waals surface area contributed by atoms with Crippen molar-refractivity contribution in [3.05, 3.63) is 29.6 Å². The normalized spacial score (nSPS) is 11.4. The number of hydrogen-bond donors (Lipinski definition) is 0. The van der Waals surface area contributed by atoms with E-state index in [9.17, 15) is 22.4 Å². The molecule has 0 bridgehead atoms. The predicted molar refractivity (Wildman–Crippen MR) is 56.9 cm³/mol. The predicted octanol–water partition coefficient (Wildman–Crippen LogP) is 4.10. The van der Waals surface area contributed by atoms with Gasteiger partial charge in [0.05, 0.1) is 0 Å². The number of rotatable bonds is 5. The second-order valence-electron chi connectivity index (χ2n) is 3.72. The Morgan fingerprint density at radius 3 is 2.50 bits per heavy atom. The van der Waals surface area contributed by atoms with Crippen molar-refractivity contribution in [2.45, 2.75) is 32.5 Å². The zero-order valence-electron chi connectivity index (χ0n) is 9.68. The SMILES string of the molecule is CCCCC(=O)c1ccc(OC(F)(F)F)c(F)c1. The van der Waals surface area contributed by atoms with Crippen molar-refractivity contribution in [3.8, 4) is 5.75 Å². The summed E-state index contributed by atoms with van der Waals surface area (Å²) in [6.45, 7) is 1.90. The van der Waals surface area contributed by atoms with Crippen molar-refractivity contribution < 1.29 is 27.1 Å². The number of carbonyl (C=O) groups is 1. The second kappa shape index (κ2) is 5.84. The molecule has 0 atom stereocenters. The summed E-state index contributed by atoms with van der Waals surface area (Å²) in [6, 6.07) is 2.70. The number of alkyl halides is 3. The van der Waals surface area contributed by atoms with Crippen molar-refractivity contribution in [3.63, 3.8) is 0 Å². The molecule has 1 rings (SSSR count). The van der Waals surface area contributed by atoms with Crippen LogP contribution in [0.1, 0.15) is 36.5 Å². The van der Waals surface area contributed by atoms with E-state index in [0.717, 1.165) is 24.6 Å². The van der Waals surface area contributed by atoms with Gasteiger partial charge in [0.25, 0.3) is 0 Å². The Morgan fingerprint density at radius 1 is 1.33 bits per heavy atom. The van der Waals surface area contributed by atoms with E-state index in [1.165, 1.54) is 0 Å². The highest BCUT2D eigenvalue weighted by Crippen LogP contribution is 2.26. The van der Waals surface area contributed by atoms with Crippen LogP contribution in [0.4, 0.5) is 17.6 Å². The third-order valence-electron chi connectivity index (χ3n) is 2.24. The molecule has 18 heavy (non-hydrogen) atoms. The molecule has 0 unspecified atom stereocenters. The van der Waals surface area contributed by atoms with Crippen molar-refractivity contribution in [2.24, 2.45) is 0 Å². The molecular formula is C12H12F4O2. The third-order valence-corrected chi connectivity index (χ3v) is 2.24. The quantitative estimate of drug-likeness (QED) is 0.591. The van der Waals surface area contributed by atoms with Gasteiger partial charge in [-0.15, -0.1) is 13.2 Å². The zero-order chi connectivity index (χ0) is 13.8. The Balaban J connectivity index is 2.82. The topological polar surface area (TPSA) is 26.3 Å². The first-order valence-corrected chi connectivity index (χ1v) is 5.42. The minimum atomic E-state index is -4.95. The highest BCUT2D eigenvalue weighted by Gasteiger charge is 2.32. The van der Waals surface area contributed by atoms with Crippen molar-refractivity contribution in [1.82, 2.24) is 0 Å². The lowest BCUT2D eigenvalue weighted by atomic mass is 10.1. The number of ketones is 1. The van der Waals surface area contributed by atoms with Crippen LogP contribution in [0.3, 0.4) is 0 Å². The zero-order valence-corrected chi connectivity index (χ0v) is 9.68. The summed E-state index contributed by atoms with van der Waals surface area (Å²) in [6.07, 6.45) is -3.24. The molecule has 0 saturated carbocycles. The molecule has 0 spiro atoms. The first kappa shape index (κ1) is 14.5. The lowest BCUT2D eigenvalue weighted by molar-refractivity contribution is -0.275. The molecule has 6 heteroatoms. The Hall–Kier alpha value is -1.59. The van der Waals surface area contributed by atoms with Crippen molar-refractivity contribution in [1.29, 1.82) is 0 Å². The molecule has 0 fully saturated rings. The van der Waals surface area contributed by atoms with Gasteiger partial charge in [-0.2, -0.15) is 0 Å². The molecule has 0 aliphatic rings.